The van der Waals surface area contributed by atoms with Crippen molar-refractivity contribution in [3.8, 4) is 0 Å². The van der Waals surface area contributed by atoms with Crippen LogP contribution in [0.2, 0.25) is 0 Å². The summed E-state index contributed by atoms with van der Waals surface area (Å²) in [5.74, 6) is -1.70. The van der Waals surface area contributed by atoms with Crippen molar-refractivity contribution >= 4 is 11.3 Å². The molecule has 0 atom stereocenters. The average molecular weight is 273 g/mol. The van der Waals surface area contributed by atoms with Crippen molar-refractivity contribution in [3.05, 3.63) is 65.6 Å². The van der Waals surface area contributed by atoms with Crippen LogP contribution in [0.15, 0.2) is 42.6 Å². The number of benzene rings is 1. The monoisotopic (exact) mass is 273 g/mol. The molecule has 2 heterocycles. The van der Waals surface area contributed by atoms with Crippen LogP contribution >= 0.6 is 0 Å². The molecule has 3 nitrogen and oxygen atoms in total. The Labute approximate surface area is 114 Å². The van der Waals surface area contributed by atoms with E-state index in [-0.39, 0.29) is 0 Å². The Hall–Kier alpha value is -2.43. The van der Waals surface area contributed by atoms with Gasteiger partial charge in [0.15, 0.2) is 11.6 Å². The fourth-order valence-electron chi connectivity index (χ4n) is 2.17. The summed E-state index contributed by atoms with van der Waals surface area (Å²) in [5.41, 5.74) is 3.30. The molecule has 1 aromatic carbocycles. The van der Waals surface area contributed by atoms with Gasteiger partial charge in [-0.3, -0.25) is 0 Å². The number of anilines is 1. The molecule has 3 aromatic rings. The van der Waals surface area contributed by atoms with E-state index in [1.807, 2.05) is 35.7 Å². The van der Waals surface area contributed by atoms with Gasteiger partial charge in [-0.05, 0) is 31.2 Å². The number of nitrogens with one attached hydrogen (secondary N) is 1. The van der Waals surface area contributed by atoms with E-state index in [4.69, 9.17) is 0 Å². The van der Waals surface area contributed by atoms with Crippen molar-refractivity contribution < 1.29 is 8.78 Å². The molecule has 0 bridgehead atoms. The maximum atomic E-state index is 13.1. The standard InChI is InChI=1S/C15H13F2N3/c1-10-14(20-7-3-2-4-15(20)19-10)9-18-11-5-6-12(16)13(17)8-11/h2-8,18H,9H2,1H3. The third kappa shape index (κ3) is 2.22. The molecule has 0 unspecified atom stereocenters. The quantitative estimate of drug-likeness (QED) is 0.791. The normalized spacial score (nSPS) is 10.9. The van der Waals surface area contributed by atoms with Crippen LogP contribution in [0.25, 0.3) is 5.65 Å². The Kier molecular flexibility index (Phi) is 3.10. The lowest BCUT2D eigenvalue weighted by Gasteiger charge is -2.07. The van der Waals surface area contributed by atoms with Gasteiger partial charge >= 0.3 is 0 Å². The number of pyridine rings is 1. The first kappa shape index (κ1) is 12.6. The van der Waals surface area contributed by atoms with Gasteiger partial charge in [0.1, 0.15) is 5.65 Å². The van der Waals surface area contributed by atoms with Crippen LogP contribution in [-0.2, 0) is 6.54 Å². The van der Waals surface area contributed by atoms with Crippen LogP contribution in [0.1, 0.15) is 11.4 Å². The van der Waals surface area contributed by atoms with Crippen LogP contribution in [0.4, 0.5) is 14.5 Å². The molecule has 0 spiro atoms. The minimum atomic E-state index is -0.857. The predicted octanol–water partition coefficient (Wildman–Crippen LogP) is 3.53. The molecule has 102 valence electrons. The zero-order valence-electron chi connectivity index (χ0n) is 10.9. The second-order valence-corrected chi connectivity index (χ2v) is 4.56. The highest BCUT2D eigenvalue weighted by atomic mass is 19.2. The smallest absolute Gasteiger partial charge is 0.160 e. The van der Waals surface area contributed by atoms with E-state index in [9.17, 15) is 8.78 Å². The summed E-state index contributed by atoms with van der Waals surface area (Å²) < 4.78 is 28.0. The number of imidazole rings is 1. The van der Waals surface area contributed by atoms with Crippen molar-refractivity contribution in [2.24, 2.45) is 0 Å². The van der Waals surface area contributed by atoms with Gasteiger partial charge in [0.2, 0.25) is 0 Å². The van der Waals surface area contributed by atoms with E-state index in [2.05, 4.69) is 10.3 Å². The number of nitrogens with zero attached hydrogens (tertiary/aromatic N) is 2. The first-order valence-electron chi connectivity index (χ1n) is 6.26. The van der Waals surface area contributed by atoms with Crippen LogP contribution in [0.3, 0.4) is 0 Å². The van der Waals surface area contributed by atoms with Gasteiger partial charge in [-0.1, -0.05) is 6.07 Å². The molecule has 5 heteroatoms. The first-order chi connectivity index (χ1) is 9.65. The van der Waals surface area contributed by atoms with Gasteiger partial charge < -0.3 is 9.72 Å². The Morgan fingerprint density at radius 1 is 1.15 bits per heavy atom. The molecule has 0 aliphatic carbocycles. The number of rotatable bonds is 3. The molecule has 3 rings (SSSR count). The fraction of sp³-hybridized carbons (Fsp3) is 0.133. The largest absolute Gasteiger partial charge is 0.379 e. The van der Waals surface area contributed by atoms with Gasteiger partial charge in [-0.25, -0.2) is 13.8 Å². The second-order valence-electron chi connectivity index (χ2n) is 4.56. The zero-order valence-corrected chi connectivity index (χ0v) is 10.9. The highest BCUT2D eigenvalue weighted by molar-refractivity contribution is 5.47. The van der Waals surface area contributed by atoms with Crippen molar-refractivity contribution in [1.82, 2.24) is 9.38 Å². The Bertz CT molecular complexity index is 765. The summed E-state index contributed by atoms with van der Waals surface area (Å²) in [7, 11) is 0. The molecule has 0 saturated heterocycles. The lowest BCUT2D eigenvalue weighted by Crippen LogP contribution is -2.04. The molecule has 0 fully saturated rings. The van der Waals surface area contributed by atoms with Crippen molar-refractivity contribution in [2.75, 3.05) is 5.32 Å². The van der Waals surface area contributed by atoms with E-state index in [0.717, 1.165) is 29.2 Å². The van der Waals surface area contributed by atoms with E-state index in [0.29, 0.717) is 12.2 Å². The van der Waals surface area contributed by atoms with Gasteiger partial charge in [0.25, 0.3) is 0 Å². The van der Waals surface area contributed by atoms with Crippen molar-refractivity contribution in [3.63, 3.8) is 0 Å². The molecule has 0 saturated carbocycles. The number of aryl methyl sites for hydroxylation is 1. The predicted molar refractivity (Wildman–Crippen MR) is 73.6 cm³/mol. The SMILES string of the molecule is Cc1nc2ccccn2c1CNc1ccc(F)c(F)c1. The average Bonchev–Trinajstić information content (AvgIpc) is 2.76. The number of fused-ring (bicyclic) bond motifs is 1. The molecular weight excluding hydrogens is 260 g/mol. The van der Waals surface area contributed by atoms with Crippen LogP contribution in [0.5, 0.6) is 0 Å². The van der Waals surface area contributed by atoms with E-state index >= 15 is 0 Å². The van der Waals surface area contributed by atoms with Crippen LogP contribution in [-0.4, -0.2) is 9.38 Å². The van der Waals surface area contributed by atoms with Crippen LogP contribution in [0, 0.1) is 18.6 Å². The third-order valence-corrected chi connectivity index (χ3v) is 3.21. The summed E-state index contributed by atoms with van der Waals surface area (Å²) in [5, 5.41) is 3.08. The Morgan fingerprint density at radius 3 is 2.80 bits per heavy atom. The minimum absolute atomic E-state index is 0.488. The van der Waals surface area contributed by atoms with Gasteiger partial charge in [-0.15, -0.1) is 0 Å². The highest BCUT2D eigenvalue weighted by Gasteiger charge is 2.08. The molecule has 0 aliphatic heterocycles. The number of halogens is 2. The molecule has 20 heavy (non-hydrogen) atoms. The zero-order chi connectivity index (χ0) is 14.1. The van der Waals surface area contributed by atoms with Crippen molar-refractivity contribution in [2.45, 2.75) is 13.5 Å². The second kappa shape index (κ2) is 4.92. The summed E-state index contributed by atoms with van der Waals surface area (Å²) in [6, 6.07) is 9.54. The molecule has 0 amide bonds. The minimum Gasteiger partial charge on any atom is -0.379 e. The van der Waals surface area contributed by atoms with Gasteiger partial charge in [0, 0.05) is 18.0 Å². The maximum absolute atomic E-state index is 13.1. The highest BCUT2D eigenvalue weighted by Crippen LogP contribution is 2.16. The Balaban J connectivity index is 1.86. The summed E-state index contributed by atoms with van der Waals surface area (Å²) in [4.78, 5) is 4.45. The Morgan fingerprint density at radius 2 is 2.00 bits per heavy atom. The summed E-state index contributed by atoms with van der Waals surface area (Å²) >= 11 is 0. The molecule has 0 aliphatic rings. The van der Waals surface area contributed by atoms with E-state index in [1.165, 1.54) is 6.07 Å². The van der Waals surface area contributed by atoms with Gasteiger partial charge in [0.05, 0.1) is 17.9 Å². The molecule has 0 radical (unpaired) electrons. The first-order valence-corrected chi connectivity index (χ1v) is 6.26. The summed E-state index contributed by atoms with van der Waals surface area (Å²) in [6.45, 7) is 2.41. The lowest BCUT2D eigenvalue weighted by atomic mass is 10.2. The van der Waals surface area contributed by atoms with Crippen LogP contribution < -0.4 is 5.32 Å². The molecule has 2 aromatic heterocycles. The number of hydrogen-bond acceptors (Lipinski definition) is 2. The number of hydrogen-bond donors (Lipinski definition) is 1. The van der Waals surface area contributed by atoms with Crippen molar-refractivity contribution in [1.29, 1.82) is 0 Å². The van der Waals surface area contributed by atoms with Gasteiger partial charge in [-0.2, -0.15) is 0 Å². The fourth-order valence-corrected chi connectivity index (χ4v) is 2.17. The van der Waals surface area contributed by atoms with E-state index in [1.54, 1.807) is 0 Å². The molecule has 1 N–H and O–H groups in total. The third-order valence-electron chi connectivity index (χ3n) is 3.21. The van der Waals surface area contributed by atoms with E-state index < -0.39 is 11.6 Å². The number of aromatic nitrogens is 2. The molecular formula is C15H13F2N3. The summed E-state index contributed by atoms with van der Waals surface area (Å²) in [6.07, 6.45) is 1.93. The topological polar surface area (TPSA) is 29.3 Å². The lowest BCUT2D eigenvalue weighted by molar-refractivity contribution is 0.509. The maximum Gasteiger partial charge on any atom is 0.160 e.